The lowest BCUT2D eigenvalue weighted by atomic mass is 10.2. The van der Waals surface area contributed by atoms with Crippen molar-refractivity contribution in [2.45, 2.75) is 13.1 Å². The Bertz CT molecular complexity index is 531. The average molecular weight is 321 g/mol. The monoisotopic (exact) mass is 320 g/mol. The Morgan fingerprint density at radius 1 is 1.16 bits per heavy atom. The van der Waals surface area contributed by atoms with Crippen molar-refractivity contribution >= 4 is 15.9 Å². The van der Waals surface area contributed by atoms with Crippen LogP contribution in [0, 0.1) is 0 Å². The minimum atomic E-state index is 0.838. The quantitative estimate of drug-likeness (QED) is 0.843. The standard InChI is InChI=1S/C15H17BrN2O/c1-18(10-12-5-7-17-8-6-12)11-13-9-14(16)3-4-15(13)19-2/h3-9H,10-11H2,1-2H3. The zero-order valence-corrected chi connectivity index (χ0v) is 12.7. The fraction of sp³-hybridized carbons (Fsp3) is 0.267. The molecule has 100 valence electrons. The smallest absolute Gasteiger partial charge is 0.123 e. The predicted molar refractivity (Wildman–Crippen MR) is 80.1 cm³/mol. The van der Waals surface area contributed by atoms with Gasteiger partial charge in [-0.1, -0.05) is 15.9 Å². The first-order valence-corrected chi connectivity index (χ1v) is 6.88. The van der Waals surface area contributed by atoms with Crippen LogP contribution in [0.15, 0.2) is 47.2 Å². The molecule has 0 saturated carbocycles. The van der Waals surface area contributed by atoms with Gasteiger partial charge in [0.2, 0.25) is 0 Å². The molecule has 4 heteroatoms. The molecule has 0 unspecified atom stereocenters. The van der Waals surface area contributed by atoms with E-state index in [1.165, 1.54) is 11.1 Å². The number of hydrogen-bond acceptors (Lipinski definition) is 3. The number of hydrogen-bond donors (Lipinski definition) is 0. The molecule has 0 atom stereocenters. The molecule has 0 radical (unpaired) electrons. The van der Waals surface area contributed by atoms with Gasteiger partial charge in [-0.25, -0.2) is 0 Å². The summed E-state index contributed by atoms with van der Waals surface area (Å²) >= 11 is 3.50. The van der Waals surface area contributed by atoms with Gasteiger partial charge in [-0.2, -0.15) is 0 Å². The van der Waals surface area contributed by atoms with Crippen LogP contribution in [-0.4, -0.2) is 24.0 Å². The van der Waals surface area contributed by atoms with E-state index in [4.69, 9.17) is 4.74 Å². The first kappa shape index (κ1) is 14.0. The molecule has 0 aliphatic carbocycles. The predicted octanol–water partition coefficient (Wildman–Crippen LogP) is 3.48. The Kier molecular flexibility index (Phi) is 4.93. The van der Waals surface area contributed by atoms with Crippen molar-refractivity contribution in [2.24, 2.45) is 0 Å². The molecule has 0 spiro atoms. The molecule has 2 aromatic rings. The molecular formula is C15H17BrN2O. The van der Waals surface area contributed by atoms with E-state index in [1.807, 2.05) is 36.7 Å². The lowest BCUT2D eigenvalue weighted by Crippen LogP contribution is -2.17. The van der Waals surface area contributed by atoms with E-state index in [-0.39, 0.29) is 0 Å². The highest BCUT2D eigenvalue weighted by atomic mass is 79.9. The fourth-order valence-corrected chi connectivity index (χ4v) is 2.43. The second kappa shape index (κ2) is 6.68. The summed E-state index contributed by atoms with van der Waals surface area (Å²) < 4.78 is 6.46. The zero-order chi connectivity index (χ0) is 13.7. The minimum Gasteiger partial charge on any atom is -0.496 e. The molecule has 0 bridgehead atoms. The summed E-state index contributed by atoms with van der Waals surface area (Å²) in [4.78, 5) is 6.28. The van der Waals surface area contributed by atoms with Gasteiger partial charge in [-0.3, -0.25) is 9.88 Å². The molecule has 0 aliphatic heterocycles. The highest BCUT2D eigenvalue weighted by Crippen LogP contribution is 2.24. The minimum absolute atomic E-state index is 0.838. The van der Waals surface area contributed by atoms with Crippen molar-refractivity contribution in [3.63, 3.8) is 0 Å². The molecule has 3 nitrogen and oxygen atoms in total. The molecule has 1 aromatic heterocycles. The number of ether oxygens (including phenoxy) is 1. The Morgan fingerprint density at radius 3 is 2.58 bits per heavy atom. The first-order valence-electron chi connectivity index (χ1n) is 6.09. The molecule has 1 heterocycles. The van der Waals surface area contributed by atoms with Crippen LogP contribution in [0.5, 0.6) is 5.75 Å². The maximum Gasteiger partial charge on any atom is 0.123 e. The molecule has 1 aromatic carbocycles. The Balaban J connectivity index is 2.06. The molecule has 0 aliphatic rings. The fourth-order valence-electron chi connectivity index (χ4n) is 2.02. The number of rotatable bonds is 5. The van der Waals surface area contributed by atoms with E-state index in [2.05, 4.69) is 38.9 Å². The maximum absolute atomic E-state index is 5.39. The van der Waals surface area contributed by atoms with E-state index in [0.29, 0.717) is 0 Å². The first-order chi connectivity index (χ1) is 9.19. The average Bonchev–Trinajstić information content (AvgIpc) is 2.40. The second-order valence-electron chi connectivity index (χ2n) is 4.48. The van der Waals surface area contributed by atoms with E-state index >= 15 is 0 Å². The largest absolute Gasteiger partial charge is 0.496 e. The van der Waals surface area contributed by atoms with Crippen molar-refractivity contribution in [1.82, 2.24) is 9.88 Å². The van der Waals surface area contributed by atoms with Crippen molar-refractivity contribution < 1.29 is 4.74 Å². The second-order valence-corrected chi connectivity index (χ2v) is 5.40. The van der Waals surface area contributed by atoms with Gasteiger partial charge in [0.15, 0.2) is 0 Å². The zero-order valence-electron chi connectivity index (χ0n) is 11.1. The molecule has 0 fully saturated rings. The van der Waals surface area contributed by atoms with E-state index in [1.54, 1.807) is 7.11 Å². The van der Waals surface area contributed by atoms with E-state index in [0.717, 1.165) is 23.3 Å². The summed E-state index contributed by atoms with van der Waals surface area (Å²) in [6.07, 6.45) is 3.64. The van der Waals surface area contributed by atoms with Crippen molar-refractivity contribution in [3.8, 4) is 5.75 Å². The third-order valence-electron chi connectivity index (χ3n) is 2.88. The molecule has 2 rings (SSSR count). The summed E-state index contributed by atoms with van der Waals surface area (Å²) in [5.41, 5.74) is 2.43. The molecular weight excluding hydrogens is 304 g/mol. The summed E-state index contributed by atoms with van der Waals surface area (Å²) in [6, 6.07) is 10.1. The normalized spacial score (nSPS) is 10.7. The van der Waals surface area contributed by atoms with Gasteiger partial charge in [0.05, 0.1) is 7.11 Å². The summed E-state index contributed by atoms with van der Waals surface area (Å²) in [5.74, 6) is 0.921. The van der Waals surface area contributed by atoms with Crippen LogP contribution in [0.1, 0.15) is 11.1 Å². The maximum atomic E-state index is 5.39. The van der Waals surface area contributed by atoms with Crippen LogP contribution >= 0.6 is 15.9 Å². The van der Waals surface area contributed by atoms with Gasteiger partial charge in [-0.05, 0) is 42.9 Å². The van der Waals surface area contributed by atoms with Crippen LogP contribution < -0.4 is 4.74 Å². The third-order valence-corrected chi connectivity index (χ3v) is 3.38. The lowest BCUT2D eigenvalue weighted by molar-refractivity contribution is 0.310. The number of benzene rings is 1. The lowest BCUT2D eigenvalue weighted by Gasteiger charge is -2.18. The van der Waals surface area contributed by atoms with Gasteiger partial charge in [0.1, 0.15) is 5.75 Å². The van der Waals surface area contributed by atoms with Crippen LogP contribution in [0.2, 0.25) is 0 Å². The van der Waals surface area contributed by atoms with Gasteiger partial charge in [-0.15, -0.1) is 0 Å². The number of methoxy groups -OCH3 is 1. The van der Waals surface area contributed by atoms with Gasteiger partial charge in [0, 0.05) is 35.5 Å². The number of halogens is 1. The third kappa shape index (κ3) is 4.04. The highest BCUT2D eigenvalue weighted by molar-refractivity contribution is 9.10. The Morgan fingerprint density at radius 2 is 1.89 bits per heavy atom. The molecule has 0 saturated heterocycles. The summed E-state index contributed by atoms with van der Waals surface area (Å²) in [7, 11) is 3.80. The molecule has 0 N–H and O–H groups in total. The molecule has 0 amide bonds. The van der Waals surface area contributed by atoms with E-state index < -0.39 is 0 Å². The van der Waals surface area contributed by atoms with Crippen molar-refractivity contribution in [1.29, 1.82) is 0 Å². The summed E-state index contributed by atoms with van der Waals surface area (Å²) in [6.45, 7) is 1.73. The van der Waals surface area contributed by atoms with Gasteiger partial charge >= 0.3 is 0 Å². The Labute approximate surface area is 122 Å². The van der Waals surface area contributed by atoms with Crippen molar-refractivity contribution in [2.75, 3.05) is 14.2 Å². The number of pyridine rings is 1. The van der Waals surface area contributed by atoms with Crippen LogP contribution in [0.25, 0.3) is 0 Å². The molecule has 19 heavy (non-hydrogen) atoms. The number of nitrogens with zero attached hydrogens (tertiary/aromatic N) is 2. The van der Waals surface area contributed by atoms with Gasteiger partial charge < -0.3 is 4.74 Å². The van der Waals surface area contributed by atoms with Crippen LogP contribution in [0.3, 0.4) is 0 Å². The SMILES string of the molecule is COc1ccc(Br)cc1CN(C)Cc1ccncc1. The number of aromatic nitrogens is 1. The van der Waals surface area contributed by atoms with Crippen LogP contribution in [-0.2, 0) is 13.1 Å². The topological polar surface area (TPSA) is 25.4 Å². The van der Waals surface area contributed by atoms with E-state index in [9.17, 15) is 0 Å². The van der Waals surface area contributed by atoms with Crippen LogP contribution in [0.4, 0.5) is 0 Å². The summed E-state index contributed by atoms with van der Waals surface area (Å²) in [5, 5.41) is 0. The van der Waals surface area contributed by atoms with Crippen molar-refractivity contribution in [3.05, 3.63) is 58.3 Å². The highest BCUT2D eigenvalue weighted by Gasteiger charge is 2.07. The Hall–Kier alpha value is -1.39. The van der Waals surface area contributed by atoms with Gasteiger partial charge in [0.25, 0.3) is 0 Å².